The van der Waals surface area contributed by atoms with Crippen molar-refractivity contribution < 1.29 is 22.7 Å². The van der Waals surface area contributed by atoms with E-state index in [4.69, 9.17) is 9.47 Å². The molecule has 0 bridgehead atoms. The van der Waals surface area contributed by atoms with Crippen molar-refractivity contribution in [2.45, 2.75) is 39.8 Å². The van der Waals surface area contributed by atoms with Gasteiger partial charge in [-0.25, -0.2) is 8.42 Å². The summed E-state index contributed by atoms with van der Waals surface area (Å²) in [6.45, 7) is 6.39. The van der Waals surface area contributed by atoms with Gasteiger partial charge in [-0.05, 0) is 67.3 Å². The first-order valence-corrected chi connectivity index (χ1v) is 13.8. The van der Waals surface area contributed by atoms with E-state index in [9.17, 15) is 13.2 Å². The van der Waals surface area contributed by atoms with Gasteiger partial charge in [0.2, 0.25) is 10.0 Å². The topological polar surface area (TPSA) is 84.9 Å². The van der Waals surface area contributed by atoms with Gasteiger partial charge in [0, 0.05) is 5.56 Å². The van der Waals surface area contributed by atoms with Crippen molar-refractivity contribution in [2.75, 3.05) is 24.3 Å². The van der Waals surface area contributed by atoms with E-state index >= 15 is 0 Å². The van der Waals surface area contributed by atoms with E-state index in [-0.39, 0.29) is 18.5 Å². The average Bonchev–Trinajstić information content (AvgIpc) is 2.86. The molecule has 1 atom stereocenters. The molecule has 1 N–H and O–H groups in total. The monoisotopic (exact) mass is 510 g/mol. The molecule has 0 spiro atoms. The van der Waals surface area contributed by atoms with Crippen LogP contribution >= 0.6 is 0 Å². The average molecular weight is 511 g/mol. The molecule has 192 valence electrons. The van der Waals surface area contributed by atoms with E-state index in [0.717, 1.165) is 28.9 Å². The second-order valence-corrected chi connectivity index (χ2v) is 10.4. The Labute approximate surface area is 214 Å². The molecule has 3 rings (SSSR count). The number of carbonyl (C=O) groups excluding carboxylic acids is 1. The maximum absolute atomic E-state index is 13.0. The van der Waals surface area contributed by atoms with Crippen LogP contribution in [0.3, 0.4) is 0 Å². The number of ether oxygens (including phenoxy) is 2. The lowest BCUT2D eigenvalue weighted by atomic mass is 10.0. The Morgan fingerprint density at radius 2 is 1.69 bits per heavy atom. The minimum Gasteiger partial charge on any atom is -0.496 e. The molecule has 0 saturated heterocycles. The Morgan fingerprint density at radius 3 is 2.28 bits per heavy atom. The summed E-state index contributed by atoms with van der Waals surface area (Å²) < 4.78 is 37.5. The molecular formula is C28H34N2O5S. The number of sulfonamides is 1. The molecule has 0 aromatic heterocycles. The lowest BCUT2D eigenvalue weighted by Gasteiger charge is -2.25. The van der Waals surface area contributed by atoms with E-state index in [1.165, 1.54) is 10.6 Å². The summed E-state index contributed by atoms with van der Waals surface area (Å²) in [4.78, 5) is 13.0. The maximum Gasteiger partial charge on any atom is 0.251 e. The molecular weight excluding hydrogens is 476 g/mol. The third kappa shape index (κ3) is 6.57. The molecule has 1 amide bonds. The summed E-state index contributed by atoms with van der Waals surface area (Å²) in [5.41, 5.74) is 3.75. The molecule has 3 aromatic rings. The van der Waals surface area contributed by atoms with Gasteiger partial charge in [0.1, 0.15) is 11.5 Å². The van der Waals surface area contributed by atoms with Gasteiger partial charge < -0.3 is 14.8 Å². The van der Waals surface area contributed by atoms with Gasteiger partial charge in [-0.2, -0.15) is 0 Å². The predicted molar refractivity (Wildman–Crippen MR) is 143 cm³/mol. The fourth-order valence-corrected chi connectivity index (χ4v) is 4.92. The second-order valence-electron chi connectivity index (χ2n) is 8.53. The van der Waals surface area contributed by atoms with Gasteiger partial charge in [-0.3, -0.25) is 9.10 Å². The smallest absolute Gasteiger partial charge is 0.251 e. The molecule has 1 unspecified atom stereocenters. The SMILES string of the molecule is CCOc1ccccc1N(Cc1ccc(C(=O)NC(CC)c2ccc(OC)c(C)c2)cc1)S(C)(=O)=O. The van der Waals surface area contributed by atoms with E-state index in [2.05, 4.69) is 5.32 Å². The number of aryl methyl sites for hydroxylation is 1. The first kappa shape index (κ1) is 27.1. The molecule has 0 fully saturated rings. The maximum atomic E-state index is 13.0. The molecule has 0 saturated carbocycles. The van der Waals surface area contributed by atoms with Crippen molar-refractivity contribution in [3.8, 4) is 11.5 Å². The summed E-state index contributed by atoms with van der Waals surface area (Å²) in [5, 5.41) is 3.09. The Balaban J connectivity index is 1.77. The van der Waals surface area contributed by atoms with Crippen molar-refractivity contribution in [3.63, 3.8) is 0 Å². The number of carbonyl (C=O) groups is 1. The Morgan fingerprint density at radius 1 is 1.00 bits per heavy atom. The summed E-state index contributed by atoms with van der Waals surface area (Å²) in [6.07, 6.45) is 1.90. The zero-order valence-electron chi connectivity index (χ0n) is 21.4. The number of hydrogen-bond donors (Lipinski definition) is 1. The van der Waals surface area contributed by atoms with Crippen molar-refractivity contribution >= 4 is 21.6 Å². The molecule has 0 radical (unpaired) electrons. The van der Waals surface area contributed by atoms with Crippen molar-refractivity contribution in [2.24, 2.45) is 0 Å². The van der Waals surface area contributed by atoms with E-state index < -0.39 is 10.0 Å². The van der Waals surface area contributed by atoms with Crippen LogP contribution in [0, 0.1) is 6.92 Å². The second kappa shape index (κ2) is 11.9. The van der Waals surface area contributed by atoms with Crippen LogP contribution < -0.4 is 19.1 Å². The van der Waals surface area contributed by atoms with Crippen LogP contribution in [0.2, 0.25) is 0 Å². The zero-order valence-corrected chi connectivity index (χ0v) is 22.3. The normalized spacial score (nSPS) is 12.0. The largest absolute Gasteiger partial charge is 0.496 e. The molecule has 7 nitrogen and oxygen atoms in total. The number of nitrogens with zero attached hydrogens (tertiary/aromatic N) is 1. The lowest BCUT2D eigenvalue weighted by Crippen LogP contribution is -2.30. The number of nitrogens with one attached hydrogen (secondary N) is 1. The van der Waals surface area contributed by atoms with E-state index in [1.54, 1.807) is 55.6 Å². The van der Waals surface area contributed by atoms with Crippen molar-refractivity contribution in [1.82, 2.24) is 5.32 Å². The fourth-order valence-electron chi connectivity index (χ4n) is 4.03. The minimum atomic E-state index is -3.58. The van der Waals surface area contributed by atoms with Crippen LogP contribution in [0.15, 0.2) is 66.7 Å². The van der Waals surface area contributed by atoms with Crippen LogP contribution in [0.4, 0.5) is 5.69 Å². The third-order valence-corrected chi connectivity index (χ3v) is 7.04. The Bertz CT molecular complexity index is 1290. The van der Waals surface area contributed by atoms with Crippen molar-refractivity contribution in [3.05, 3.63) is 89.0 Å². The van der Waals surface area contributed by atoms with Gasteiger partial charge in [-0.1, -0.05) is 43.3 Å². The highest BCUT2D eigenvalue weighted by atomic mass is 32.2. The van der Waals surface area contributed by atoms with Gasteiger partial charge in [0.25, 0.3) is 5.91 Å². The first-order valence-electron chi connectivity index (χ1n) is 11.9. The predicted octanol–water partition coefficient (Wildman–Crippen LogP) is 5.25. The number of benzene rings is 3. The molecule has 36 heavy (non-hydrogen) atoms. The number of hydrogen-bond acceptors (Lipinski definition) is 5. The summed E-state index contributed by atoms with van der Waals surface area (Å²) in [5.74, 6) is 1.12. The fraction of sp³-hybridized carbons (Fsp3) is 0.321. The zero-order chi connectivity index (χ0) is 26.3. The standard InChI is InChI=1S/C28H34N2O5S/c1-6-24(23-16-17-26(34-4)20(3)18-23)29-28(31)22-14-12-21(13-15-22)19-30(36(5,32)33)25-10-8-9-11-27(25)35-7-2/h8-18,24H,6-7,19H2,1-5H3,(H,29,31). The quantitative estimate of drug-likeness (QED) is 0.381. The molecule has 3 aromatic carbocycles. The van der Waals surface area contributed by atoms with Gasteiger partial charge in [0.05, 0.1) is 38.2 Å². The number of anilines is 1. The Hall–Kier alpha value is -3.52. The molecule has 0 aliphatic carbocycles. The highest BCUT2D eigenvalue weighted by Crippen LogP contribution is 2.31. The summed E-state index contributed by atoms with van der Waals surface area (Å²) >= 11 is 0. The molecule has 0 aliphatic heterocycles. The number of rotatable bonds is 11. The molecule has 0 aliphatic rings. The Kier molecular flexibility index (Phi) is 8.98. The van der Waals surface area contributed by atoms with E-state index in [1.807, 2.05) is 39.0 Å². The lowest BCUT2D eigenvalue weighted by molar-refractivity contribution is 0.0935. The van der Waals surface area contributed by atoms with Crippen LogP contribution in [0.5, 0.6) is 11.5 Å². The van der Waals surface area contributed by atoms with E-state index in [0.29, 0.717) is 23.6 Å². The highest BCUT2D eigenvalue weighted by molar-refractivity contribution is 7.92. The van der Waals surface area contributed by atoms with Crippen LogP contribution in [0.1, 0.15) is 53.4 Å². The number of para-hydroxylation sites is 2. The summed E-state index contributed by atoms with van der Waals surface area (Å²) in [7, 11) is -1.94. The number of amides is 1. The molecule has 8 heteroatoms. The minimum absolute atomic E-state index is 0.119. The summed E-state index contributed by atoms with van der Waals surface area (Å²) in [6, 6.07) is 19.8. The third-order valence-electron chi connectivity index (χ3n) is 5.91. The first-order chi connectivity index (χ1) is 17.2. The van der Waals surface area contributed by atoms with Crippen LogP contribution in [-0.2, 0) is 16.6 Å². The van der Waals surface area contributed by atoms with Crippen LogP contribution in [0.25, 0.3) is 0 Å². The van der Waals surface area contributed by atoms with Gasteiger partial charge in [-0.15, -0.1) is 0 Å². The highest BCUT2D eigenvalue weighted by Gasteiger charge is 2.22. The van der Waals surface area contributed by atoms with Crippen LogP contribution in [-0.4, -0.2) is 34.3 Å². The van der Waals surface area contributed by atoms with Gasteiger partial charge >= 0.3 is 0 Å². The molecule has 0 heterocycles. The van der Waals surface area contributed by atoms with Gasteiger partial charge in [0.15, 0.2) is 0 Å². The van der Waals surface area contributed by atoms with Crippen molar-refractivity contribution in [1.29, 1.82) is 0 Å². The number of methoxy groups -OCH3 is 1.